The van der Waals surface area contributed by atoms with E-state index in [1.165, 1.54) is 0 Å². The summed E-state index contributed by atoms with van der Waals surface area (Å²) in [5.74, 6) is 0.561. The molecule has 1 unspecified atom stereocenters. The molecule has 0 saturated carbocycles. The number of esters is 1. The van der Waals surface area contributed by atoms with Gasteiger partial charge >= 0.3 is 12.1 Å². The molecule has 1 aliphatic heterocycles. The van der Waals surface area contributed by atoms with Crippen LogP contribution >= 0.6 is 0 Å². The third-order valence-corrected chi connectivity index (χ3v) is 5.55. The molecule has 1 fully saturated rings. The van der Waals surface area contributed by atoms with Crippen molar-refractivity contribution in [1.29, 1.82) is 0 Å². The zero-order chi connectivity index (χ0) is 25.5. The number of para-hydroxylation sites is 2. The fraction of sp³-hybridized carbons (Fsp3) is 0.276. The van der Waals surface area contributed by atoms with E-state index >= 15 is 0 Å². The molecule has 0 aromatic heterocycles. The first-order valence-electron chi connectivity index (χ1n) is 12.0. The van der Waals surface area contributed by atoms with Crippen molar-refractivity contribution in [2.24, 2.45) is 4.99 Å². The largest absolute Gasteiger partial charge is 0.460 e. The van der Waals surface area contributed by atoms with Crippen molar-refractivity contribution < 1.29 is 19.1 Å². The molecule has 3 aromatic carbocycles. The molecule has 0 aliphatic carbocycles. The van der Waals surface area contributed by atoms with Crippen LogP contribution in [-0.2, 0) is 9.47 Å². The van der Waals surface area contributed by atoms with Crippen LogP contribution in [0.15, 0.2) is 89.9 Å². The van der Waals surface area contributed by atoms with Crippen molar-refractivity contribution in [3.63, 3.8) is 0 Å². The number of ether oxygens (including phenoxy) is 2. The van der Waals surface area contributed by atoms with Crippen molar-refractivity contribution in [2.75, 3.05) is 18.1 Å². The van der Waals surface area contributed by atoms with E-state index in [1.807, 2.05) is 60.7 Å². The highest BCUT2D eigenvalue weighted by atomic mass is 16.6. The summed E-state index contributed by atoms with van der Waals surface area (Å²) < 4.78 is 10.4. The van der Waals surface area contributed by atoms with Gasteiger partial charge in [0.25, 0.3) is 0 Å². The molecule has 36 heavy (non-hydrogen) atoms. The van der Waals surface area contributed by atoms with Crippen LogP contribution in [0.2, 0.25) is 0 Å². The molecule has 186 valence electrons. The number of rotatable bonds is 7. The summed E-state index contributed by atoms with van der Waals surface area (Å²) >= 11 is 0. The quantitative estimate of drug-likeness (QED) is 0.326. The average Bonchev–Trinajstić information content (AvgIpc) is 2.84. The molecule has 1 atom stereocenters. The van der Waals surface area contributed by atoms with Crippen molar-refractivity contribution in [2.45, 2.75) is 38.8 Å². The number of anilines is 1. The standard InChI is InChI=1S/C29H31N3O4/c1-29(2,3)36-28(34)30-18-19-35-27(33)22-16-14-21(15-17-22)25-20-26(31-23-10-6-4-7-11-23)32(25)24-12-8-5-9-13-24/h4-17,25H,18-20H2,1-3H3,(H,30,34)/b31-26+. The number of aliphatic imine (C=N–C) groups is 1. The highest BCUT2D eigenvalue weighted by Gasteiger charge is 2.36. The Morgan fingerprint density at radius 2 is 1.58 bits per heavy atom. The number of benzene rings is 3. The summed E-state index contributed by atoms with van der Waals surface area (Å²) in [7, 11) is 0. The van der Waals surface area contributed by atoms with Gasteiger partial charge in [0, 0.05) is 12.1 Å². The molecule has 1 amide bonds. The van der Waals surface area contributed by atoms with Gasteiger partial charge in [-0.1, -0.05) is 48.5 Å². The molecule has 1 heterocycles. The minimum Gasteiger partial charge on any atom is -0.460 e. The first-order valence-corrected chi connectivity index (χ1v) is 12.0. The third kappa shape index (κ3) is 6.50. The Morgan fingerprint density at radius 1 is 0.944 bits per heavy atom. The number of nitrogens with zero attached hydrogens (tertiary/aromatic N) is 2. The highest BCUT2D eigenvalue weighted by molar-refractivity contribution is 6.06. The highest BCUT2D eigenvalue weighted by Crippen LogP contribution is 2.40. The summed E-state index contributed by atoms with van der Waals surface area (Å²) in [5, 5.41) is 2.57. The molecule has 0 radical (unpaired) electrons. The lowest BCUT2D eigenvalue weighted by atomic mass is 9.91. The fourth-order valence-corrected chi connectivity index (χ4v) is 3.90. The number of amidine groups is 1. The number of carbonyl (C=O) groups is 2. The monoisotopic (exact) mass is 485 g/mol. The predicted molar refractivity (Wildman–Crippen MR) is 141 cm³/mol. The van der Waals surface area contributed by atoms with Crippen molar-refractivity contribution in [3.05, 3.63) is 96.1 Å². The number of hydrogen-bond donors (Lipinski definition) is 1. The summed E-state index contributed by atoms with van der Waals surface area (Å²) in [6.07, 6.45) is 0.255. The normalized spacial score (nSPS) is 16.2. The molecule has 0 spiro atoms. The number of amides is 1. The van der Waals surface area contributed by atoms with Gasteiger partial charge in [0.05, 0.1) is 23.8 Å². The summed E-state index contributed by atoms with van der Waals surface area (Å²) in [6.45, 7) is 5.60. The lowest BCUT2D eigenvalue weighted by Gasteiger charge is -2.44. The summed E-state index contributed by atoms with van der Waals surface area (Å²) in [4.78, 5) is 31.2. The Balaban J connectivity index is 1.37. The Kier molecular flexibility index (Phi) is 7.68. The van der Waals surface area contributed by atoms with Crippen LogP contribution in [0.5, 0.6) is 0 Å². The molecule has 1 aliphatic rings. The molecular weight excluding hydrogens is 454 g/mol. The Bertz CT molecular complexity index is 1200. The third-order valence-electron chi connectivity index (χ3n) is 5.55. The van der Waals surface area contributed by atoms with E-state index in [2.05, 4.69) is 22.3 Å². The second-order valence-electron chi connectivity index (χ2n) is 9.48. The number of nitrogens with one attached hydrogen (secondary N) is 1. The van der Waals surface area contributed by atoms with Gasteiger partial charge in [0.1, 0.15) is 18.0 Å². The van der Waals surface area contributed by atoms with Crippen molar-refractivity contribution in [3.8, 4) is 0 Å². The Labute approximate surface area is 211 Å². The van der Waals surface area contributed by atoms with Gasteiger partial charge in [-0.15, -0.1) is 0 Å². The van der Waals surface area contributed by atoms with Gasteiger partial charge < -0.3 is 19.7 Å². The molecule has 1 saturated heterocycles. The number of carbonyl (C=O) groups excluding carboxylic acids is 2. The molecule has 7 heteroatoms. The molecule has 1 N–H and O–H groups in total. The minimum atomic E-state index is -0.576. The van der Waals surface area contributed by atoms with E-state index < -0.39 is 17.7 Å². The smallest absolute Gasteiger partial charge is 0.407 e. The van der Waals surface area contributed by atoms with Crippen LogP contribution < -0.4 is 10.2 Å². The number of hydrogen-bond acceptors (Lipinski definition) is 5. The molecular formula is C29H31N3O4. The second kappa shape index (κ2) is 11.1. The van der Waals surface area contributed by atoms with E-state index in [0.29, 0.717) is 5.56 Å². The Hall–Kier alpha value is -4.13. The molecule has 0 bridgehead atoms. The molecule has 3 aromatic rings. The maximum absolute atomic E-state index is 12.4. The van der Waals surface area contributed by atoms with Crippen LogP contribution in [-0.4, -0.2) is 36.7 Å². The maximum atomic E-state index is 12.4. The van der Waals surface area contributed by atoms with Crippen LogP contribution in [0.25, 0.3) is 0 Å². The van der Waals surface area contributed by atoms with Crippen LogP contribution in [0, 0.1) is 0 Å². The maximum Gasteiger partial charge on any atom is 0.407 e. The van der Waals surface area contributed by atoms with E-state index in [-0.39, 0.29) is 19.2 Å². The first kappa shape index (κ1) is 25.0. The minimum absolute atomic E-state index is 0.0591. The van der Waals surface area contributed by atoms with E-state index in [1.54, 1.807) is 32.9 Å². The molecule has 7 nitrogen and oxygen atoms in total. The predicted octanol–water partition coefficient (Wildman–Crippen LogP) is 6.05. The lowest BCUT2D eigenvalue weighted by Crippen LogP contribution is -2.46. The van der Waals surface area contributed by atoms with E-state index in [0.717, 1.165) is 29.2 Å². The second-order valence-corrected chi connectivity index (χ2v) is 9.48. The SMILES string of the molecule is CC(C)(C)OC(=O)NCCOC(=O)c1ccc(C2C/C(=N\c3ccccc3)N2c2ccccc2)cc1. The van der Waals surface area contributed by atoms with Gasteiger partial charge in [-0.05, 0) is 62.7 Å². The van der Waals surface area contributed by atoms with Crippen LogP contribution in [0.1, 0.15) is 49.2 Å². The summed E-state index contributed by atoms with van der Waals surface area (Å²) in [6, 6.07) is 27.7. The van der Waals surface area contributed by atoms with E-state index in [4.69, 9.17) is 14.5 Å². The Morgan fingerprint density at radius 3 is 2.22 bits per heavy atom. The lowest BCUT2D eigenvalue weighted by molar-refractivity contribution is 0.0433. The van der Waals surface area contributed by atoms with Crippen molar-refractivity contribution in [1.82, 2.24) is 5.32 Å². The van der Waals surface area contributed by atoms with Gasteiger partial charge in [-0.2, -0.15) is 0 Å². The van der Waals surface area contributed by atoms with Gasteiger partial charge in [-0.25, -0.2) is 14.6 Å². The van der Waals surface area contributed by atoms with Gasteiger partial charge in [-0.3, -0.25) is 0 Å². The molecule has 4 rings (SSSR count). The van der Waals surface area contributed by atoms with Crippen molar-refractivity contribution >= 4 is 29.3 Å². The van der Waals surface area contributed by atoms with Crippen LogP contribution in [0.3, 0.4) is 0 Å². The topological polar surface area (TPSA) is 80.2 Å². The fourth-order valence-electron chi connectivity index (χ4n) is 3.90. The van der Waals surface area contributed by atoms with E-state index in [9.17, 15) is 9.59 Å². The van der Waals surface area contributed by atoms with Gasteiger partial charge in [0.15, 0.2) is 0 Å². The number of alkyl carbamates (subject to hydrolysis) is 1. The van der Waals surface area contributed by atoms with Crippen LogP contribution in [0.4, 0.5) is 16.2 Å². The first-order chi connectivity index (χ1) is 17.3. The zero-order valence-electron chi connectivity index (χ0n) is 20.8. The van der Waals surface area contributed by atoms with Gasteiger partial charge in [0.2, 0.25) is 0 Å². The average molecular weight is 486 g/mol. The zero-order valence-corrected chi connectivity index (χ0v) is 20.8. The summed E-state index contributed by atoms with van der Waals surface area (Å²) in [5.41, 5.74) is 2.97.